The monoisotopic (exact) mass is 321 g/mol. The molecule has 1 atom stereocenters. The fourth-order valence-electron chi connectivity index (χ4n) is 2.34. The highest BCUT2D eigenvalue weighted by molar-refractivity contribution is 5.85. The molecular formula is C16H23N3O4. The van der Waals surface area contributed by atoms with E-state index in [4.69, 9.17) is 15.2 Å². The Morgan fingerprint density at radius 1 is 1.35 bits per heavy atom. The van der Waals surface area contributed by atoms with Crippen LogP contribution in [0.5, 0.6) is 11.5 Å². The molecule has 2 rings (SSSR count). The minimum atomic E-state index is -0.346. The number of nitrogens with one attached hydrogen (secondary N) is 1. The molecule has 0 saturated carbocycles. The molecule has 0 radical (unpaired) electrons. The van der Waals surface area contributed by atoms with Gasteiger partial charge < -0.3 is 25.4 Å². The summed E-state index contributed by atoms with van der Waals surface area (Å²) in [4.78, 5) is 25.1. The number of carbonyl (C=O) groups is 2. The van der Waals surface area contributed by atoms with Crippen LogP contribution in [0.4, 0.5) is 0 Å². The third-order valence-corrected chi connectivity index (χ3v) is 3.46. The van der Waals surface area contributed by atoms with E-state index in [0.29, 0.717) is 31.2 Å². The first kappa shape index (κ1) is 17.1. The summed E-state index contributed by atoms with van der Waals surface area (Å²) < 4.78 is 11.5. The summed E-state index contributed by atoms with van der Waals surface area (Å²) in [7, 11) is 0. The topological polar surface area (TPSA) is 93.9 Å². The summed E-state index contributed by atoms with van der Waals surface area (Å²) >= 11 is 0. The van der Waals surface area contributed by atoms with Crippen molar-refractivity contribution < 1.29 is 19.1 Å². The minimum Gasteiger partial charge on any atom is -0.486 e. The number of rotatable bonds is 7. The zero-order chi connectivity index (χ0) is 16.7. The third-order valence-electron chi connectivity index (χ3n) is 3.46. The standard InChI is InChI=1S/C16H23N3O4/c1-2-7-19(16(21)9-18-15(20)8-17)10-12-11-22-13-5-3-4-6-14(13)23-12/h3-6,12H,2,7-11,17H2,1H3,(H,18,20). The number of para-hydroxylation sites is 2. The summed E-state index contributed by atoms with van der Waals surface area (Å²) in [6.07, 6.45) is 0.589. The molecule has 0 aromatic heterocycles. The predicted octanol–water partition coefficient (Wildman–Crippen LogP) is 0.140. The Morgan fingerprint density at radius 3 is 2.78 bits per heavy atom. The van der Waals surface area contributed by atoms with E-state index in [0.717, 1.165) is 6.42 Å². The molecule has 1 aliphatic rings. The maximum Gasteiger partial charge on any atom is 0.242 e. The number of nitrogens with zero attached hydrogens (tertiary/aromatic N) is 1. The number of hydrogen-bond donors (Lipinski definition) is 2. The Hall–Kier alpha value is -2.28. The zero-order valence-corrected chi connectivity index (χ0v) is 13.3. The van der Waals surface area contributed by atoms with Crippen molar-refractivity contribution in [3.63, 3.8) is 0 Å². The highest BCUT2D eigenvalue weighted by atomic mass is 16.6. The lowest BCUT2D eigenvalue weighted by molar-refractivity contribution is -0.134. The van der Waals surface area contributed by atoms with Crippen LogP contribution in [0.25, 0.3) is 0 Å². The van der Waals surface area contributed by atoms with Gasteiger partial charge in [-0.15, -0.1) is 0 Å². The Balaban J connectivity index is 1.92. The van der Waals surface area contributed by atoms with E-state index in [1.807, 2.05) is 31.2 Å². The second-order valence-electron chi connectivity index (χ2n) is 5.32. The Bertz CT molecular complexity index is 550. The van der Waals surface area contributed by atoms with Crippen molar-refractivity contribution in [1.29, 1.82) is 0 Å². The van der Waals surface area contributed by atoms with Crippen molar-refractivity contribution >= 4 is 11.8 Å². The van der Waals surface area contributed by atoms with E-state index in [-0.39, 0.29) is 31.0 Å². The summed E-state index contributed by atoms with van der Waals surface area (Å²) in [5.41, 5.74) is 5.21. The van der Waals surface area contributed by atoms with Crippen LogP contribution in [-0.2, 0) is 9.59 Å². The molecule has 23 heavy (non-hydrogen) atoms. The van der Waals surface area contributed by atoms with Crippen LogP contribution in [0.2, 0.25) is 0 Å². The molecule has 1 aromatic carbocycles. The number of hydrogen-bond acceptors (Lipinski definition) is 5. The van der Waals surface area contributed by atoms with E-state index in [2.05, 4.69) is 5.32 Å². The van der Waals surface area contributed by atoms with Crippen molar-refractivity contribution in [2.75, 3.05) is 32.8 Å². The molecule has 0 saturated heterocycles. The summed E-state index contributed by atoms with van der Waals surface area (Å²) in [5.74, 6) is 0.897. The average molecular weight is 321 g/mol. The fraction of sp³-hybridized carbons (Fsp3) is 0.500. The van der Waals surface area contributed by atoms with Gasteiger partial charge in [0.2, 0.25) is 11.8 Å². The van der Waals surface area contributed by atoms with E-state index < -0.39 is 0 Å². The fourth-order valence-corrected chi connectivity index (χ4v) is 2.34. The van der Waals surface area contributed by atoms with Gasteiger partial charge in [0.25, 0.3) is 0 Å². The van der Waals surface area contributed by atoms with Gasteiger partial charge in [0, 0.05) is 6.54 Å². The number of ether oxygens (including phenoxy) is 2. The van der Waals surface area contributed by atoms with Crippen molar-refractivity contribution in [2.45, 2.75) is 19.4 Å². The van der Waals surface area contributed by atoms with Crippen LogP contribution in [0.15, 0.2) is 24.3 Å². The molecule has 0 fully saturated rings. The molecule has 1 aliphatic heterocycles. The molecule has 0 spiro atoms. The molecule has 1 heterocycles. The number of amides is 2. The molecule has 126 valence electrons. The predicted molar refractivity (Wildman–Crippen MR) is 85.3 cm³/mol. The van der Waals surface area contributed by atoms with Crippen LogP contribution >= 0.6 is 0 Å². The van der Waals surface area contributed by atoms with Crippen molar-refractivity contribution in [1.82, 2.24) is 10.2 Å². The van der Waals surface area contributed by atoms with Gasteiger partial charge in [0.15, 0.2) is 17.6 Å². The van der Waals surface area contributed by atoms with Crippen LogP contribution in [0.1, 0.15) is 13.3 Å². The van der Waals surface area contributed by atoms with Crippen molar-refractivity contribution in [3.05, 3.63) is 24.3 Å². The highest BCUT2D eigenvalue weighted by Gasteiger charge is 2.25. The maximum absolute atomic E-state index is 12.2. The Kier molecular flexibility index (Phi) is 6.22. The maximum atomic E-state index is 12.2. The first-order valence-electron chi connectivity index (χ1n) is 7.77. The first-order valence-corrected chi connectivity index (χ1v) is 7.77. The summed E-state index contributed by atoms with van der Waals surface area (Å²) in [6, 6.07) is 7.45. The van der Waals surface area contributed by atoms with Gasteiger partial charge in [0.1, 0.15) is 6.61 Å². The molecule has 1 unspecified atom stereocenters. The average Bonchev–Trinajstić information content (AvgIpc) is 2.58. The largest absolute Gasteiger partial charge is 0.486 e. The Morgan fingerprint density at radius 2 is 2.09 bits per heavy atom. The minimum absolute atomic E-state index is 0.0554. The lowest BCUT2D eigenvalue weighted by Gasteiger charge is -2.31. The molecule has 1 aromatic rings. The lowest BCUT2D eigenvalue weighted by atomic mass is 10.2. The summed E-state index contributed by atoms with van der Waals surface area (Å²) in [6.45, 7) is 3.21. The third kappa shape index (κ3) is 4.85. The normalized spacial score (nSPS) is 15.8. The van der Waals surface area contributed by atoms with E-state index in [9.17, 15) is 9.59 Å². The SMILES string of the molecule is CCCN(CC1COc2ccccc2O1)C(=O)CNC(=O)CN. The smallest absolute Gasteiger partial charge is 0.242 e. The molecule has 0 bridgehead atoms. The van der Waals surface area contributed by atoms with Gasteiger partial charge in [-0.25, -0.2) is 0 Å². The molecule has 7 nitrogen and oxygen atoms in total. The van der Waals surface area contributed by atoms with Crippen LogP contribution in [0.3, 0.4) is 0 Å². The van der Waals surface area contributed by atoms with Crippen molar-refractivity contribution in [2.24, 2.45) is 5.73 Å². The van der Waals surface area contributed by atoms with Crippen LogP contribution < -0.4 is 20.5 Å². The van der Waals surface area contributed by atoms with E-state index in [1.54, 1.807) is 4.90 Å². The van der Waals surface area contributed by atoms with Gasteiger partial charge in [-0.1, -0.05) is 19.1 Å². The van der Waals surface area contributed by atoms with Gasteiger partial charge in [0.05, 0.1) is 19.6 Å². The number of nitrogens with two attached hydrogens (primary N) is 1. The first-order chi connectivity index (χ1) is 11.1. The highest BCUT2D eigenvalue weighted by Crippen LogP contribution is 2.30. The molecular weight excluding hydrogens is 298 g/mol. The quantitative estimate of drug-likeness (QED) is 0.745. The molecule has 3 N–H and O–H groups in total. The zero-order valence-electron chi connectivity index (χ0n) is 13.3. The van der Waals surface area contributed by atoms with Crippen molar-refractivity contribution in [3.8, 4) is 11.5 Å². The van der Waals surface area contributed by atoms with Gasteiger partial charge in [-0.05, 0) is 18.6 Å². The number of fused-ring (bicyclic) bond motifs is 1. The summed E-state index contributed by atoms with van der Waals surface area (Å²) in [5, 5.41) is 2.50. The lowest BCUT2D eigenvalue weighted by Crippen LogP contribution is -2.47. The molecule has 2 amide bonds. The van der Waals surface area contributed by atoms with Crippen LogP contribution in [-0.4, -0.2) is 55.6 Å². The molecule has 0 aliphatic carbocycles. The van der Waals surface area contributed by atoms with Gasteiger partial charge in [-0.3, -0.25) is 9.59 Å². The number of carbonyl (C=O) groups excluding carboxylic acids is 2. The van der Waals surface area contributed by atoms with E-state index >= 15 is 0 Å². The second kappa shape index (κ2) is 8.38. The van der Waals surface area contributed by atoms with Crippen LogP contribution in [0, 0.1) is 0 Å². The second-order valence-corrected chi connectivity index (χ2v) is 5.32. The Labute approximate surface area is 135 Å². The van der Waals surface area contributed by atoms with Gasteiger partial charge >= 0.3 is 0 Å². The molecule has 7 heteroatoms. The van der Waals surface area contributed by atoms with E-state index in [1.165, 1.54) is 0 Å². The number of benzene rings is 1. The van der Waals surface area contributed by atoms with Gasteiger partial charge in [-0.2, -0.15) is 0 Å².